The summed E-state index contributed by atoms with van der Waals surface area (Å²) in [4.78, 5) is 2.26. The molecule has 0 aromatic rings. The second-order valence-corrected chi connectivity index (χ2v) is 5.25. The van der Waals surface area contributed by atoms with Crippen LogP contribution in [0.5, 0.6) is 0 Å². The Morgan fingerprint density at radius 2 is 1.69 bits per heavy atom. The van der Waals surface area contributed by atoms with Crippen LogP contribution in [-0.2, 0) is 0 Å². The zero-order valence-corrected chi connectivity index (χ0v) is 9.76. The van der Waals surface area contributed by atoms with E-state index >= 15 is 0 Å². The molecule has 1 heterocycles. The molecule has 2 rings (SSSR count). The SMILES string of the molecule is OC[C@H]1CN(C2CCCCC2)C[C@@H](O)[C@@H]1O. The van der Waals surface area contributed by atoms with Crippen LogP contribution in [0.1, 0.15) is 32.1 Å². The number of rotatable bonds is 2. The van der Waals surface area contributed by atoms with Gasteiger partial charge in [-0.25, -0.2) is 0 Å². The number of nitrogens with zero attached hydrogens (tertiary/aromatic N) is 1. The van der Waals surface area contributed by atoms with Gasteiger partial charge in [-0.1, -0.05) is 19.3 Å². The summed E-state index contributed by atoms with van der Waals surface area (Å²) >= 11 is 0. The summed E-state index contributed by atoms with van der Waals surface area (Å²) in [5.74, 6) is -0.189. The summed E-state index contributed by atoms with van der Waals surface area (Å²) < 4.78 is 0. The molecule has 16 heavy (non-hydrogen) atoms. The first kappa shape index (κ1) is 12.3. The molecule has 0 unspecified atom stereocenters. The summed E-state index contributed by atoms with van der Waals surface area (Å²) in [6.45, 7) is 1.24. The first-order chi connectivity index (χ1) is 7.72. The lowest BCUT2D eigenvalue weighted by molar-refractivity contribution is -0.0979. The minimum Gasteiger partial charge on any atom is -0.396 e. The molecule has 0 bridgehead atoms. The van der Waals surface area contributed by atoms with Crippen molar-refractivity contribution in [1.29, 1.82) is 0 Å². The third kappa shape index (κ3) is 2.56. The van der Waals surface area contributed by atoms with Crippen molar-refractivity contribution in [2.45, 2.75) is 50.4 Å². The van der Waals surface area contributed by atoms with Gasteiger partial charge in [0.2, 0.25) is 0 Å². The fourth-order valence-electron chi connectivity index (χ4n) is 3.06. The zero-order chi connectivity index (χ0) is 11.5. The van der Waals surface area contributed by atoms with Crippen molar-refractivity contribution >= 4 is 0 Å². The molecule has 4 nitrogen and oxygen atoms in total. The number of hydrogen-bond acceptors (Lipinski definition) is 4. The quantitative estimate of drug-likeness (QED) is 0.622. The Morgan fingerprint density at radius 1 is 1.00 bits per heavy atom. The molecule has 94 valence electrons. The maximum Gasteiger partial charge on any atom is 0.0929 e. The molecule has 4 heteroatoms. The lowest BCUT2D eigenvalue weighted by Gasteiger charge is -2.43. The Balaban J connectivity index is 1.94. The van der Waals surface area contributed by atoms with E-state index in [1.54, 1.807) is 0 Å². The zero-order valence-electron chi connectivity index (χ0n) is 9.76. The molecule has 0 radical (unpaired) electrons. The first-order valence-corrected chi connectivity index (χ1v) is 6.43. The highest BCUT2D eigenvalue weighted by Gasteiger charge is 2.36. The van der Waals surface area contributed by atoms with Gasteiger partial charge in [0.25, 0.3) is 0 Å². The smallest absolute Gasteiger partial charge is 0.0929 e. The predicted octanol–water partition coefficient (Wildman–Crippen LogP) is -0.0350. The molecule has 2 fully saturated rings. The molecule has 3 atom stereocenters. The van der Waals surface area contributed by atoms with Crippen LogP contribution < -0.4 is 0 Å². The van der Waals surface area contributed by atoms with Gasteiger partial charge in [0, 0.05) is 31.7 Å². The van der Waals surface area contributed by atoms with Gasteiger partial charge >= 0.3 is 0 Å². The Labute approximate surface area is 96.9 Å². The third-order valence-electron chi connectivity index (χ3n) is 4.09. The topological polar surface area (TPSA) is 63.9 Å². The second-order valence-electron chi connectivity index (χ2n) is 5.25. The number of hydrogen-bond donors (Lipinski definition) is 3. The van der Waals surface area contributed by atoms with E-state index in [9.17, 15) is 15.3 Å². The van der Waals surface area contributed by atoms with Crippen LogP contribution in [0, 0.1) is 5.92 Å². The Kier molecular flexibility index (Phi) is 4.19. The molecule has 0 spiro atoms. The van der Waals surface area contributed by atoms with Crippen molar-refractivity contribution in [3.63, 3.8) is 0 Å². The van der Waals surface area contributed by atoms with E-state index in [4.69, 9.17) is 0 Å². The number of piperidine rings is 1. The fourth-order valence-corrected chi connectivity index (χ4v) is 3.06. The van der Waals surface area contributed by atoms with Gasteiger partial charge in [-0.3, -0.25) is 4.90 Å². The van der Waals surface area contributed by atoms with Crippen LogP contribution in [0.3, 0.4) is 0 Å². The molecule has 0 aromatic carbocycles. The number of likely N-dealkylation sites (tertiary alicyclic amines) is 1. The van der Waals surface area contributed by atoms with Gasteiger partial charge < -0.3 is 15.3 Å². The maximum atomic E-state index is 9.78. The van der Waals surface area contributed by atoms with Crippen molar-refractivity contribution in [2.24, 2.45) is 5.92 Å². The van der Waals surface area contributed by atoms with Crippen molar-refractivity contribution in [3.8, 4) is 0 Å². The van der Waals surface area contributed by atoms with Crippen LogP contribution in [0.2, 0.25) is 0 Å². The summed E-state index contributed by atoms with van der Waals surface area (Å²) in [6, 6.07) is 0.546. The third-order valence-corrected chi connectivity index (χ3v) is 4.09. The van der Waals surface area contributed by atoms with Crippen molar-refractivity contribution in [2.75, 3.05) is 19.7 Å². The van der Waals surface area contributed by atoms with Gasteiger partial charge in [0.05, 0.1) is 12.2 Å². The van der Waals surface area contributed by atoms with E-state index < -0.39 is 12.2 Å². The van der Waals surface area contributed by atoms with Crippen LogP contribution >= 0.6 is 0 Å². The van der Waals surface area contributed by atoms with Gasteiger partial charge in [-0.2, -0.15) is 0 Å². The monoisotopic (exact) mass is 229 g/mol. The van der Waals surface area contributed by atoms with Crippen LogP contribution in [0.15, 0.2) is 0 Å². The van der Waals surface area contributed by atoms with Gasteiger partial charge in [-0.05, 0) is 12.8 Å². The van der Waals surface area contributed by atoms with E-state index in [1.807, 2.05) is 0 Å². The van der Waals surface area contributed by atoms with Crippen LogP contribution in [0.25, 0.3) is 0 Å². The molecular formula is C12H23NO3. The largest absolute Gasteiger partial charge is 0.396 e. The predicted molar refractivity (Wildman–Crippen MR) is 61.0 cm³/mol. The van der Waals surface area contributed by atoms with E-state index in [1.165, 1.54) is 32.1 Å². The molecule has 0 amide bonds. The first-order valence-electron chi connectivity index (χ1n) is 6.43. The number of aliphatic hydroxyl groups is 3. The molecule has 1 saturated carbocycles. The highest BCUT2D eigenvalue weighted by Crippen LogP contribution is 2.27. The summed E-state index contributed by atoms with van der Waals surface area (Å²) in [7, 11) is 0. The summed E-state index contributed by atoms with van der Waals surface area (Å²) in [6.07, 6.45) is 4.78. The Hall–Kier alpha value is -0.160. The molecule has 1 saturated heterocycles. The number of β-amino-alcohol motifs (C(OH)–C–C–N with tert-alkyl or cyclic N) is 1. The standard InChI is InChI=1S/C12H23NO3/c14-8-9-6-13(7-11(15)12(9)16)10-4-2-1-3-5-10/h9-12,14-16H,1-8H2/t9-,11-,12-/m1/s1. The highest BCUT2D eigenvalue weighted by atomic mass is 16.3. The maximum absolute atomic E-state index is 9.78. The molecule has 2 aliphatic rings. The minimum atomic E-state index is -0.759. The fraction of sp³-hybridized carbons (Fsp3) is 1.00. The highest BCUT2D eigenvalue weighted by molar-refractivity contribution is 4.89. The van der Waals surface area contributed by atoms with Crippen molar-refractivity contribution < 1.29 is 15.3 Å². The van der Waals surface area contributed by atoms with Crippen LogP contribution in [-0.4, -0.2) is 58.2 Å². The van der Waals surface area contributed by atoms with Gasteiger partial charge in [-0.15, -0.1) is 0 Å². The second kappa shape index (κ2) is 5.45. The summed E-state index contributed by atoms with van der Waals surface area (Å²) in [5, 5.41) is 28.7. The van der Waals surface area contributed by atoms with E-state index in [0.29, 0.717) is 12.6 Å². The van der Waals surface area contributed by atoms with E-state index in [0.717, 1.165) is 6.54 Å². The lowest BCUT2D eigenvalue weighted by atomic mass is 9.88. The summed E-state index contributed by atoms with van der Waals surface area (Å²) in [5.41, 5.74) is 0. The normalized spacial score (nSPS) is 38.8. The Morgan fingerprint density at radius 3 is 2.31 bits per heavy atom. The van der Waals surface area contributed by atoms with Crippen molar-refractivity contribution in [1.82, 2.24) is 4.90 Å². The van der Waals surface area contributed by atoms with Crippen LogP contribution in [0.4, 0.5) is 0 Å². The van der Waals surface area contributed by atoms with Gasteiger partial charge in [0.15, 0.2) is 0 Å². The molecule has 3 N–H and O–H groups in total. The minimum absolute atomic E-state index is 0.0402. The van der Waals surface area contributed by atoms with Gasteiger partial charge in [0.1, 0.15) is 0 Å². The molecular weight excluding hydrogens is 206 g/mol. The Bertz CT molecular complexity index is 218. The van der Waals surface area contributed by atoms with E-state index in [-0.39, 0.29) is 12.5 Å². The molecule has 1 aliphatic heterocycles. The lowest BCUT2D eigenvalue weighted by Crippen LogP contribution is -2.56. The molecule has 0 aromatic heterocycles. The molecule has 1 aliphatic carbocycles. The van der Waals surface area contributed by atoms with E-state index in [2.05, 4.69) is 4.90 Å². The van der Waals surface area contributed by atoms with Crippen molar-refractivity contribution in [3.05, 3.63) is 0 Å². The average molecular weight is 229 g/mol. The average Bonchev–Trinajstić information content (AvgIpc) is 2.33. The number of aliphatic hydroxyl groups excluding tert-OH is 3.